The van der Waals surface area contributed by atoms with Crippen LogP contribution in [0.15, 0.2) is 79.1 Å². The van der Waals surface area contributed by atoms with Gasteiger partial charge in [-0.2, -0.15) is 0 Å². The van der Waals surface area contributed by atoms with Crippen LogP contribution in [0.3, 0.4) is 0 Å². The summed E-state index contributed by atoms with van der Waals surface area (Å²) in [5.74, 6) is -0.483. The van der Waals surface area contributed by atoms with Crippen LogP contribution in [-0.4, -0.2) is 38.2 Å². The Labute approximate surface area is 159 Å². The van der Waals surface area contributed by atoms with Crippen LogP contribution in [-0.2, 0) is 10.0 Å². The number of nitrogens with one attached hydrogen (secondary N) is 1. The normalized spacial score (nSPS) is 11.1. The number of amides is 1. The van der Waals surface area contributed by atoms with Gasteiger partial charge in [0.15, 0.2) is 0 Å². The Morgan fingerprint density at radius 2 is 1.70 bits per heavy atom. The highest BCUT2D eigenvalue weighted by Crippen LogP contribution is 2.15. The molecule has 0 saturated carbocycles. The van der Waals surface area contributed by atoms with E-state index in [1.807, 2.05) is 41.2 Å². The van der Waals surface area contributed by atoms with Crippen molar-refractivity contribution in [3.8, 4) is 5.69 Å². The summed E-state index contributed by atoms with van der Waals surface area (Å²) in [4.78, 5) is 12.4. The van der Waals surface area contributed by atoms with Crippen molar-refractivity contribution >= 4 is 21.6 Å². The molecule has 0 spiro atoms. The maximum atomic E-state index is 12.4. The average Bonchev–Trinajstić information content (AvgIpc) is 3.23. The van der Waals surface area contributed by atoms with Crippen molar-refractivity contribution in [2.24, 2.45) is 0 Å². The van der Waals surface area contributed by atoms with E-state index in [-0.39, 0.29) is 18.2 Å². The summed E-state index contributed by atoms with van der Waals surface area (Å²) in [6, 6.07) is 19.8. The largest absolute Gasteiger partial charge is 0.351 e. The van der Waals surface area contributed by atoms with E-state index < -0.39 is 10.0 Å². The van der Waals surface area contributed by atoms with Crippen molar-refractivity contribution in [1.82, 2.24) is 9.88 Å². The zero-order valence-electron chi connectivity index (χ0n) is 14.9. The first-order chi connectivity index (χ1) is 13.0. The van der Waals surface area contributed by atoms with Crippen LogP contribution in [0, 0.1) is 0 Å². The summed E-state index contributed by atoms with van der Waals surface area (Å²) in [6.45, 7) is 0.0338. The lowest BCUT2D eigenvalue weighted by atomic mass is 10.2. The molecule has 1 aromatic heterocycles. The number of para-hydroxylation sites is 1. The molecule has 0 fully saturated rings. The Kier molecular flexibility index (Phi) is 5.61. The third-order valence-electron chi connectivity index (χ3n) is 4.19. The first-order valence-electron chi connectivity index (χ1n) is 8.51. The van der Waals surface area contributed by atoms with Crippen LogP contribution in [0.5, 0.6) is 0 Å². The van der Waals surface area contributed by atoms with Gasteiger partial charge in [0, 0.05) is 37.2 Å². The summed E-state index contributed by atoms with van der Waals surface area (Å²) < 4.78 is 28.0. The molecule has 3 rings (SSSR count). The van der Waals surface area contributed by atoms with Crippen molar-refractivity contribution in [1.29, 1.82) is 0 Å². The summed E-state index contributed by atoms with van der Waals surface area (Å²) in [5, 5.41) is 2.68. The molecular formula is C20H21N3O3S. The van der Waals surface area contributed by atoms with Gasteiger partial charge in [-0.05, 0) is 42.5 Å². The van der Waals surface area contributed by atoms with E-state index in [4.69, 9.17) is 0 Å². The number of sulfonamides is 1. The molecule has 0 saturated heterocycles. The number of anilines is 1. The fourth-order valence-corrected chi connectivity index (χ4v) is 3.72. The minimum Gasteiger partial charge on any atom is -0.351 e. The molecule has 0 aliphatic carbocycles. The van der Waals surface area contributed by atoms with Gasteiger partial charge in [-0.3, -0.25) is 9.10 Å². The number of carbonyl (C=O) groups excluding carboxylic acids is 1. The highest BCUT2D eigenvalue weighted by Gasteiger charge is 2.18. The Morgan fingerprint density at radius 3 is 2.41 bits per heavy atom. The van der Waals surface area contributed by atoms with E-state index in [2.05, 4.69) is 5.32 Å². The average molecular weight is 383 g/mol. The van der Waals surface area contributed by atoms with Crippen molar-refractivity contribution < 1.29 is 13.2 Å². The SMILES string of the molecule is CN(c1ccccc1)S(=O)(=O)CCNC(=O)c1cccc(-n2cccc2)c1. The van der Waals surface area contributed by atoms with Gasteiger partial charge < -0.3 is 9.88 Å². The first-order valence-corrected chi connectivity index (χ1v) is 10.1. The van der Waals surface area contributed by atoms with E-state index in [1.54, 1.807) is 42.5 Å². The lowest BCUT2D eigenvalue weighted by molar-refractivity contribution is 0.0956. The molecule has 7 heteroatoms. The highest BCUT2D eigenvalue weighted by molar-refractivity contribution is 7.92. The summed E-state index contributed by atoms with van der Waals surface area (Å²) in [5.41, 5.74) is 1.93. The van der Waals surface area contributed by atoms with Crippen LogP contribution < -0.4 is 9.62 Å². The maximum absolute atomic E-state index is 12.4. The minimum absolute atomic E-state index is 0.0338. The predicted octanol–water partition coefficient (Wildman–Crippen LogP) is 2.67. The molecule has 1 amide bonds. The van der Waals surface area contributed by atoms with E-state index >= 15 is 0 Å². The van der Waals surface area contributed by atoms with Crippen LogP contribution in [0.2, 0.25) is 0 Å². The minimum atomic E-state index is -3.52. The molecule has 0 radical (unpaired) electrons. The Bertz CT molecular complexity index is 1000. The van der Waals surface area contributed by atoms with E-state index in [0.29, 0.717) is 11.3 Å². The second-order valence-electron chi connectivity index (χ2n) is 6.02. The molecule has 6 nitrogen and oxygen atoms in total. The zero-order valence-corrected chi connectivity index (χ0v) is 15.8. The third kappa shape index (κ3) is 4.57. The van der Waals surface area contributed by atoms with Crippen LogP contribution in [0.1, 0.15) is 10.4 Å². The van der Waals surface area contributed by atoms with Crippen LogP contribution in [0.4, 0.5) is 5.69 Å². The lowest BCUT2D eigenvalue weighted by Crippen LogP contribution is -2.35. The molecule has 1 N–H and O–H groups in total. The monoisotopic (exact) mass is 383 g/mol. The first kappa shape index (κ1) is 18.7. The van der Waals surface area contributed by atoms with Gasteiger partial charge in [-0.25, -0.2) is 8.42 Å². The fourth-order valence-electron chi connectivity index (χ4n) is 2.65. The second-order valence-corrected chi connectivity index (χ2v) is 8.14. The van der Waals surface area contributed by atoms with Gasteiger partial charge in [0.25, 0.3) is 5.91 Å². The summed E-state index contributed by atoms with van der Waals surface area (Å²) in [6.07, 6.45) is 3.78. The molecule has 3 aromatic rings. The van der Waals surface area contributed by atoms with E-state index in [9.17, 15) is 13.2 Å². The van der Waals surface area contributed by atoms with Gasteiger partial charge in [0.2, 0.25) is 10.0 Å². The Hall–Kier alpha value is -3.06. The molecule has 2 aromatic carbocycles. The standard InChI is InChI=1S/C20H21N3O3S/c1-22(18-9-3-2-4-10-18)27(25,26)15-12-21-20(24)17-8-7-11-19(16-17)23-13-5-6-14-23/h2-11,13-14,16H,12,15H2,1H3,(H,21,24). The van der Waals surface area contributed by atoms with Crippen molar-refractivity contribution in [3.63, 3.8) is 0 Å². The van der Waals surface area contributed by atoms with Gasteiger partial charge in [0.05, 0.1) is 11.4 Å². The Morgan fingerprint density at radius 1 is 1.00 bits per heavy atom. The third-order valence-corrected chi connectivity index (χ3v) is 5.96. The highest BCUT2D eigenvalue weighted by atomic mass is 32.2. The molecule has 27 heavy (non-hydrogen) atoms. The van der Waals surface area contributed by atoms with Crippen molar-refractivity contribution in [3.05, 3.63) is 84.7 Å². The predicted molar refractivity (Wildman–Crippen MR) is 107 cm³/mol. The maximum Gasteiger partial charge on any atom is 0.251 e. The van der Waals surface area contributed by atoms with Crippen molar-refractivity contribution in [2.45, 2.75) is 0 Å². The molecule has 0 bridgehead atoms. The molecule has 0 atom stereocenters. The number of rotatable bonds is 7. The molecule has 0 aliphatic rings. The number of nitrogens with zero attached hydrogens (tertiary/aromatic N) is 2. The molecule has 0 unspecified atom stereocenters. The topological polar surface area (TPSA) is 71.4 Å². The zero-order chi connectivity index (χ0) is 19.3. The number of aromatic nitrogens is 1. The van der Waals surface area contributed by atoms with Crippen molar-refractivity contribution in [2.75, 3.05) is 23.7 Å². The van der Waals surface area contributed by atoms with Gasteiger partial charge >= 0.3 is 0 Å². The number of hydrogen-bond acceptors (Lipinski definition) is 3. The number of benzene rings is 2. The molecular weight excluding hydrogens is 362 g/mol. The second kappa shape index (κ2) is 8.09. The van der Waals surface area contributed by atoms with Gasteiger partial charge in [0.1, 0.15) is 0 Å². The quantitative estimate of drug-likeness (QED) is 0.682. The fraction of sp³-hybridized carbons (Fsp3) is 0.150. The summed E-state index contributed by atoms with van der Waals surface area (Å²) >= 11 is 0. The van der Waals surface area contributed by atoms with Gasteiger partial charge in [-0.1, -0.05) is 24.3 Å². The number of hydrogen-bond donors (Lipinski definition) is 1. The van der Waals surface area contributed by atoms with E-state index in [0.717, 1.165) is 5.69 Å². The summed E-state index contributed by atoms with van der Waals surface area (Å²) in [7, 11) is -2.01. The van der Waals surface area contributed by atoms with Crippen LogP contribution >= 0.6 is 0 Å². The van der Waals surface area contributed by atoms with Gasteiger partial charge in [-0.15, -0.1) is 0 Å². The van der Waals surface area contributed by atoms with Crippen LogP contribution in [0.25, 0.3) is 5.69 Å². The van der Waals surface area contributed by atoms with E-state index in [1.165, 1.54) is 11.4 Å². The molecule has 1 heterocycles. The smallest absolute Gasteiger partial charge is 0.251 e. The number of carbonyl (C=O) groups is 1. The lowest BCUT2D eigenvalue weighted by Gasteiger charge is -2.19. The Balaban J connectivity index is 1.60. The molecule has 0 aliphatic heterocycles. The molecule has 140 valence electrons.